The van der Waals surface area contributed by atoms with Crippen molar-refractivity contribution < 1.29 is 37.9 Å². The van der Waals surface area contributed by atoms with Gasteiger partial charge in [0.25, 0.3) is 0 Å². The summed E-state index contributed by atoms with van der Waals surface area (Å²) < 4.78 is 44.9. The predicted octanol–water partition coefficient (Wildman–Crippen LogP) is 1.62. The van der Waals surface area contributed by atoms with Crippen LogP contribution in [0.3, 0.4) is 0 Å². The molecule has 0 fully saturated rings. The first kappa shape index (κ1) is 40.4. The lowest BCUT2D eigenvalue weighted by Crippen LogP contribution is -2.31. The summed E-state index contributed by atoms with van der Waals surface area (Å²) in [5.74, 6) is 5.11. The van der Waals surface area contributed by atoms with Gasteiger partial charge >= 0.3 is 8.07 Å². The molecule has 4 aromatic rings. The third kappa shape index (κ3) is 10.4. The topological polar surface area (TPSA) is 73.8 Å². The molecule has 0 saturated carbocycles. The summed E-state index contributed by atoms with van der Waals surface area (Å²) in [5.41, 5.74) is 27.7. The Kier molecular flexibility index (Phi) is 15.7. The molecule has 53 heavy (non-hydrogen) atoms. The van der Waals surface area contributed by atoms with Crippen LogP contribution in [0, 0.1) is 44.3 Å². The summed E-state index contributed by atoms with van der Waals surface area (Å²) in [6, 6.07) is 23.0. The average molecular weight is 785 g/mol. The number of para-hydroxylation sites is 4. The zero-order valence-corrected chi connectivity index (χ0v) is 35.7. The zero-order valence-electron chi connectivity index (χ0n) is 30.7. The van der Waals surface area contributed by atoms with E-state index in [9.17, 15) is 0 Å². The first-order valence-electron chi connectivity index (χ1n) is 15.9. The van der Waals surface area contributed by atoms with Crippen LogP contribution in [0.15, 0.2) is 72.8 Å². The van der Waals surface area contributed by atoms with E-state index in [-0.39, 0.29) is 38.1 Å². The molecule has 0 aliphatic heterocycles. The molecule has 8 radical (unpaired) electrons. The maximum absolute atomic E-state index is 5.69. The van der Waals surface area contributed by atoms with Crippen molar-refractivity contribution in [2.24, 2.45) is 0 Å². The van der Waals surface area contributed by atoms with E-state index in [1.807, 2.05) is 72.8 Å². The number of benzene rings is 4. The van der Waals surface area contributed by atoms with Gasteiger partial charge in [-0.25, -0.2) is 0 Å². The second-order valence-electron chi connectivity index (χ2n) is 10.4. The Morgan fingerprint density at radius 3 is 0.755 bits per heavy atom. The minimum absolute atomic E-state index is 0.0678. The normalized spacial score (nSPS) is 9.96. The standard InChI is InChI=1S/C40H36O8Si5/c1-41-29-13-9-17-33(37(29)45-5)49-21-25-53(26-22-50-34-18-10-14-30(42-2)38(34)46-6,27-23-51-35-19-11-15-31(43-3)39(35)47-7)28-24-52-36-20-12-16-32(44-4)40(36)48-8/h9-20H,1-8H3. The van der Waals surface area contributed by atoms with E-state index >= 15 is 0 Å². The largest absolute Gasteiger partial charge is 0.493 e. The van der Waals surface area contributed by atoms with Crippen molar-refractivity contribution in [2.75, 3.05) is 56.9 Å². The summed E-state index contributed by atoms with van der Waals surface area (Å²) >= 11 is 0. The number of ether oxygens (including phenoxy) is 8. The molecule has 0 saturated heterocycles. The van der Waals surface area contributed by atoms with Crippen LogP contribution in [0.5, 0.6) is 46.0 Å². The van der Waals surface area contributed by atoms with E-state index in [0.717, 1.165) is 20.7 Å². The quantitative estimate of drug-likeness (QED) is 0.159. The molecule has 0 aliphatic carbocycles. The van der Waals surface area contributed by atoms with Crippen molar-refractivity contribution in [3.05, 3.63) is 72.8 Å². The maximum Gasteiger partial charge on any atom is 0.367 e. The van der Waals surface area contributed by atoms with Crippen molar-refractivity contribution in [1.82, 2.24) is 0 Å². The van der Waals surface area contributed by atoms with E-state index in [1.165, 1.54) is 0 Å². The highest BCUT2D eigenvalue weighted by atomic mass is 28.3. The molecule has 264 valence electrons. The molecule has 0 aliphatic rings. The zero-order chi connectivity index (χ0) is 38.1. The highest BCUT2D eigenvalue weighted by molar-refractivity contribution is 7.08. The summed E-state index contributed by atoms with van der Waals surface area (Å²) in [4.78, 5) is 0. The van der Waals surface area contributed by atoms with Crippen LogP contribution in [0.4, 0.5) is 0 Å². The summed E-state index contributed by atoms with van der Waals surface area (Å²) in [7, 11) is 9.90. The van der Waals surface area contributed by atoms with E-state index in [4.69, 9.17) is 37.9 Å². The van der Waals surface area contributed by atoms with Gasteiger partial charge in [0.15, 0.2) is 84.1 Å². The second-order valence-corrected chi connectivity index (χ2v) is 17.1. The molecule has 0 aromatic heterocycles. The lowest BCUT2D eigenvalue weighted by molar-refractivity contribution is 0.357. The van der Waals surface area contributed by atoms with Crippen molar-refractivity contribution in [1.29, 1.82) is 0 Å². The van der Waals surface area contributed by atoms with Crippen LogP contribution in [0.2, 0.25) is 0 Å². The molecule has 0 N–H and O–H groups in total. The van der Waals surface area contributed by atoms with Crippen molar-refractivity contribution in [3.63, 3.8) is 0 Å². The molecule has 0 bridgehead atoms. The van der Waals surface area contributed by atoms with Crippen molar-refractivity contribution >= 4 is 66.9 Å². The minimum Gasteiger partial charge on any atom is -0.493 e. The Labute approximate surface area is 323 Å². The van der Waals surface area contributed by atoms with Gasteiger partial charge < -0.3 is 37.9 Å². The molecule has 4 aromatic carbocycles. The predicted molar refractivity (Wildman–Crippen MR) is 217 cm³/mol. The van der Waals surface area contributed by atoms with Gasteiger partial charge in [0.2, 0.25) is 0 Å². The summed E-state index contributed by atoms with van der Waals surface area (Å²) in [5, 5.41) is 3.63. The highest BCUT2D eigenvalue weighted by Gasteiger charge is 2.26. The summed E-state index contributed by atoms with van der Waals surface area (Å²) in [6.45, 7) is 0. The van der Waals surface area contributed by atoms with Gasteiger partial charge in [0.1, 0.15) is 0 Å². The first-order valence-corrected chi connectivity index (χ1v) is 21.9. The SMILES string of the molecule is COc1cccc([Si]C#C[Si](C#C[Si]c2cccc(OC)c2OC)(C#C[Si]c2cccc(OC)c2OC)C#C[Si]c2cccc(OC)c2OC)c1OC. The fraction of sp³-hybridized carbons (Fsp3) is 0.200. The third-order valence-corrected chi connectivity index (χ3v) is 14.1. The second kappa shape index (κ2) is 20.6. The lowest BCUT2D eigenvalue weighted by Gasteiger charge is -2.11. The average Bonchev–Trinajstić information content (AvgIpc) is 3.20. The van der Waals surface area contributed by atoms with Crippen LogP contribution in [-0.4, -0.2) is 103 Å². The monoisotopic (exact) mass is 784 g/mol. The fourth-order valence-electron chi connectivity index (χ4n) is 4.90. The third-order valence-electron chi connectivity index (χ3n) is 7.40. The highest BCUT2D eigenvalue weighted by Crippen LogP contribution is 2.25. The molecule has 4 rings (SSSR count). The van der Waals surface area contributed by atoms with Crippen molar-refractivity contribution in [3.8, 4) is 90.3 Å². The van der Waals surface area contributed by atoms with Gasteiger partial charge in [-0.15, -0.1) is 22.2 Å². The lowest BCUT2D eigenvalue weighted by atomic mass is 10.3. The number of hydrogen-bond donors (Lipinski definition) is 0. The number of hydrogen-bond acceptors (Lipinski definition) is 8. The molecule has 0 unspecified atom stereocenters. The van der Waals surface area contributed by atoms with Crippen LogP contribution < -0.4 is 58.6 Å². The molecule has 0 amide bonds. The van der Waals surface area contributed by atoms with Gasteiger partial charge in [-0.1, -0.05) is 70.7 Å². The first-order chi connectivity index (χ1) is 25.9. The number of rotatable bonds is 12. The maximum atomic E-state index is 5.69. The molecule has 0 atom stereocenters. The Balaban J connectivity index is 1.89. The molecule has 0 spiro atoms. The van der Waals surface area contributed by atoms with Gasteiger partial charge in [-0.05, 0) is 45.0 Å². The van der Waals surface area contributed by atoms with E-state index in [1.54, 1.807) is 56.9 Å². The Bertz CT molecular complexity index is 1840. The molecule has 8 nitrogen and oxygen atoms in total. The van der Waals surface area contributed by atoms with E-state index < -0.39 is 8.07 Å². The van der Waals surface area contributed by atoms with Gasteiger partial charge in [-0.2, -0.15) is 0 Å². The molecular weight excluding hydrogens is 749 g/mol. The van der Waals surface area contributed by atoms with Gasteiger partial charge in [0.05, 0.1) is 56.9 Å². The van der Waals surface area contributed by atoms with E-state index in [0.29, 0.717) is 46.0 Å². The van der Waals surface area contributed by atoms with Gasteiger partial charge in [0, 0.05) is 0 Å². The molecule has 13 heteroatoms. The van der Waals surface area contributed by atoms with Crippen LogP contribution >= 0.6 is 0 Å². The molecular formula is C40H36O8Si5. The van der Waals surface area contributed by atoms with Crippen molar-refractivity contribution in [2.45, 2.75) is 0 Å². The minimum atomic E-state index is -3.31. The van der Waals surface area contributed by atoms with E-state index in [2.05, 4.69) is 44.3 Å². The van der Waals surface area contributed by atoms with Crippen LogP contribution in [-0.2, 0) is 0 Å². The Morgan fingerprint density at radius 1 is 0.340 bits per heavy atom. The van der Waals surface area contributed by atoms with Gasteiger partial charge in [-0.3, -0.25) is 0 Å². The molecule has 0 heterocycles. The summed E-state index contributed by atoms with van der Waals surface area (Å²) in [6.07, 6.45) is 0. The smallest absolute Gasteiger partial charge is 0.367 e. The number of methoxy groups -OCH3 is 8. The van der Waals surface area contributed by atoms with Crippen LogP contribution in [0.25, 0.3) is 0 Å². The fourth-order valence-corrected chi connectivity index (χ4v) is 11.9. The Morgan fingerprint density at radius 2 is 0.566 bits per heavy atom. The Hall–Kier alpha value is -5.40. The van der Waals surface area contributed by atoms with Crippen LogP contribution in [0.1, 0.15) is 0 Å².